The molecule has 130 valence electrons. The number of carbonyl (C=O) groups excluding carboxylic acids is 1. The fourth-order valence-corrected chi connectivity index (χ4v) is 4.00. The largest absolute Gasteiger partial charge is 0.322 e. The predicted molar refractivity (Wildman–Crippen MR) is 93.1 cm³/mol. The highest BCUT2D eigenvalue weighted by Gasteiger charge is 2.14. The van der Waals surface area contributed by atoms with Gasteiger partial charge in [-0.25, -0.2) is 18.7 Å². The smallest absolute Gasteiger partial charge is 0.273 e. The minimum absolute atomic E-state index is 0.286. The van der Waals surface area contributed by atoms with E-state index in [-0.39, 0.29) is 12.2 Å². The van der Waals surface area contributed by atoms with Gasteiger partial charge in [0, 0.05) is 6.07 Å². The summed E-state index contributed by atoms with van der Waals surface area (Å²) in [6, 6.07) is 2.73. The third kappa shape index (κ3) is 3.85. The molecular weight excluding hydrogens is 370 g/mol. The van der Waals surface area contributed by atoms with E-state index in [2.05, 4.69) is 15.3 Å². The zero-order valence-electron chi connectivity index (χ0n) is 13.0. The maximum absolute atomic E-state index is 13.6. The van der Waals surface area contributed by atoms with Gasteiger partial charge in [-0.15, -0.1) is 11.3 Å². The van der Waals surface area contributed by atoms with Crippen LogP contribution in [0.5, 0.6) is 0 Å². The SMILES string of the molecule is CCSc1nc2ncn(CC(=O)Nc3cc(F)ccc3F)c(=O)c2s1. The second kappa shape index (κ2) is 7.28. The molecule has 0 radical (unpaired) electrons. The summed E-state index contributed by atoms with van der Waals surface area (Å²) in [5, 5.41) is 2.24. The number of thiazole rings is 1. The number of hydrogen-bond donors (Lipinski definition) is 1. The first-order chi connectivity index (χ1) is 12.0. The van der Waals surface area contributed by atoms with Crippen molar-refractivity contribution in [3.05, 3.63) is 46.5 Å². The van der Waals surface area contributed by atoms with E-state index in [4.69, 9.17) is 0 Å². The fraction of sp³-hybridized carbons (Fsp3) is 0.200. The molecule has 1 amide bonds. The molecule has 0 unspecified atom stereocenters. The molecule has 2 heterocycles. The van der Waals surface area contributed by atoms with Crippen LogP contribution in [0.4, 0.5) is 14.5 Å². The van der Waals surface area contributed by atoms with E-state index in [0.29, 0.717) is 10.3 Å². The summed E-state index contributed by atoms with van der Waals surface area (Å²) in [7, 11) is 0. The van der Waals surface area contributed by atoms with Crippen LogP contribution < -0.4 is 10.9 Å². The highest BCUT2D eigenvalue weighted by atomic mass is 32.2. The number of aromatic nitrogens is 3. The molecule has 10 heteroatoms. The lowest BCUT2D eigenvalue weighted by Gasteiger charge is -2.08. The number of benzene rings is 1. The van der Waals surface area contributed by atoms with Gasteiger partial charge in [-0.3, -0.25) is 14.2 Å². The van der Waals surface area contributed by atoms with Crippen LogP contribution in [0.2, 0.25) is 0 Å². The second-order valence-corrected chi connectivity index (χ2v) is 7.43. The quantitative estimate of drug-likeness (QED) is 0.687. The van der Waals surface area contributed by atoms with Gasteiger partial charge in [-0.2, -0.15) is 0 Å². The Kier molecular flexibility index (Phi) is 5.09. The summed E-state index contributed by atoms with van der Waals surface area (Å²) < 4.78 is 28.9. The molecule has 3 aromatic rings. The number of fused-ring (bicyclic) bond motifs is 1. The van der Waals surface area contributed by atoms with E-state index in [1.165, 1.54) is 29.4 Å². The summed E-state index contributed by atoms with van der Waals surface area (Å²) >= 11 is 2.71. The van der Waals surface area contributed by atoms with E-state index in [1.54, 1.807) is 0 Å². The fourth-order valence-electron chi connectivity index (χ4n) is 2.06. The van der Waals surface area contributed by atoms with Crippen molar-refractivity contribution in [2.24, 2.45) is 0 Å². The topological polar surface area (TPSA) is 76.9 Å². The van der Waals surface area contributed by atoms with Gasteiger partial charge >= 0.3 is 0 Å². The summed E-state index contributed by atoms with van der Waals surface area (Å²) in [5.41, 5.74) is -0.356. The molecule has 3 rings (SSSR count). The number of nitrogens with zero attached hydrogens (tertiary/aromatic N) is 3. The standard InChI is InChI=1S/C15H12F2N4O2S2/c1-2-24-15-20-13-12(25-15)14(23)21(7-18-13)6-11(22)19-10-5-8(16)3-4-9(10)17/h3-5,7H,2,6H2,1H3,(H,19,22). The van der Waals surface area contributed by atoms with Crippen LogP contribution in [0.3, 0.4) is 0 Å². The van der Waals surface area contributed by atoms with Crippen LogP contribution in [0.15, 0.2) is 33.7 Å². The molecule has 6 nitrogen and oxygen atoms in total. The Hall–Kier alpha value is -2.33. The number of rotatable bonds is 5. The monoisotopic (exact) mass is 382 g/mol. The average Bonchev–Trinajstić information content (AvgIpc) is 2.98. The summed E-state index contributed by atoms with van der Waals surface area (Å²) in [4.78, 5) is 32.8. The zero-order valence-corrected chi connectivity index (χ0v) is 14.6. The number of nitrogens with one attached hydrogen (secondary N) is 1. The van der Waals surface area contributed by atoms with E-state index in [1.807, 2.05) is 6.92 Å². The van der Waals surface area contributed by atoms with Crippen molar-refractivity contribution < 1.29 is 13.6 Å². The molecule has 0 saturated heterocycles. The molecule has 0 atom stereocenters. The Morgan fingerprint density at radius 1 is 1.40 bits per heavy atom. The number of halogens is 2. The number of thioether (sulfide) groups is 1. The van der Waals surface area contributed by atoms with Crippen LogP contribution in [-0.4, -0.2) is 26.2 Å². The highest BCUT2D eigenvalue weighted by molar-refractivity contribution is 8.01. The van der Waals surface area contributed by atoms with Crippen molar-refractivity contribution in [2.75, 3.05) is 11.1 Å². The van der Waals surface area contributed by atoms with Crippen LogP contribution in [-0.2, 0) is 11.3 Å². The lowest BCUT2D eigenvalue weighted by atomic mass is 10.3. The third-order valence-electron chi connectivity index (χ3n) is 3.15. The molecule has 0 aliphatic carbocycles. The maximum Gasteiger partial charge on any atom is 0.273 e. The molecule has 1 N–H and O–H groups in total. The van der Waals surface area contributed by atoms with Crippen LogP contribution in [0, 0.1) is 11.6 Å². The zero-order chi connectivity index (χ0) is 18.0. The van der Waals surface area contributed by atoms with E-state index < -0.39 is 23.1 Å². The molecule has 0 aliphatic rings. The van der Waals surface area contributed by atoms with Crippen molar-refractivity contribution in [3.8, 4) is 0 Å². The molecular formula is C15H12F2N4O2S2. The number of carbonyl (C=O) groups is 1. The van der Waals surface area contributed by atoms with Gasteiger partial charge in [0.2, 0.25) is 5.91 Å². The molecule has 0 spiro atoms. The second-order valence-electron chi connectivity index (χ2n) is 4.92. The Balaban J connectivity index is 1.82. The molecule has 0 fully saturated rings. The van der Waals surface area contributed by atoms with Gasteiger partial charge in [0.05, 0.1) is 5.69 Å². The number of hydrogen-bond acceptors (Lipinski definition) is 6. The van der Waals surface area contributed by atoms with Gasteiger partial charge in [-0.05, 0) is 17.9 Å². The first-order valence-corrected chi connectivity index (χ1v) is 9.02. The molecule has 2 aromatic heterocycles. The Morgan fingerprint density at radius 2 is 2.20 bits per heavy atom. The lowest BCUT2D eigenvalue weighted by Crippen LogP contribution is -2.27. The van der Waals surface area contributed by atoms with Gasteiger partial charge < -0.3 is 5.32 Å². The Labute approximate surface area is 148 Å². The molecule has 0 aliphatic heterocycles. The van der Waals surface area contributed by atoms with Crippen LogP contribution >= 0.6 is 23.1 Å². The lowest BCUT2D eigenvalue weighted by molar-refractivity contribution is -0.116. The van der Waals surface area contributed by atoms with Crippen molar-refractivity contribution in [1.29, 1.82) is 0 Å². The Bertz CT molecular complexity index is 1000. The maximum atomic E-state index is 13.6. The molecule has 25 heavy (non-hydrogen) atoms. The van der Waals surface area contributed by atoms with Gasteiger partial charge in [0.1, 0.15) is 29.2 Å². The van der Waals surface area contributed by atoms with Gasteiger partial charge in [0.15, 0.2) is 9.99 Å². The van der Waals surface area contributed by atoms with Crippen molar-refractivity contribution in [1.82, 2.24) is 14.5 Å². The summed E-state index contributed by atoms with van der Waals surface area (Å²) in [5.74, 6) is -1.29. The van der Waals surface area contributed by atoms with E-state index in [0.717, 1.165) is 32.9 Å². The van der Waals surface area contributed by atoms with Gasteiger partial charge in [-0.1, -0.05) is 18.7 Å². The van der Waals surface area contributed by atoms with Crippen molar-refractivity contribution >= 4 is 45.0 Å². The number of anilines is 1. The third-order valence-corrected chi connectivity index (χ3v) is 5.21. The minimum atomic E-state index is -0.764. The number of amides is 1. The molecule has 1 aromatic carbocycles. The highest BCUT2D eigenvalue weighted by Crippen LogP contribution is 2.26. The first kappa shape index (κ1) is 17.5. The first-order valence-electron chi connectivity index (χ1n) is 7.21. The minimum Gasteiger partial charge on any atom is -0.322 e. The van der Waals surface area contributed by atoms with E-state index >= 15 is 0 Å². The van der Waals surface area contributed by atoms with Gasteiger partial charge in [0.25, 0.3) is 5.56 Å². The molecule has 0 bridgehead atoms. The summed E-state index contributed by atoms with van der Waals surface area (Å²) in [6.45, 7) is 1.60. The molecule has 0 saturated carbocycles. The normalized spacial score (nSPS) is 11.0. The Morgan fingerprint density at radius 3 is 2.96 bits per heavy atom. The predicted octanol–water partition coefficient (Wildman–Crippen LogP) is 2.88. The summed E-state index contributed by atoms with van der Waals surface area (Å²) in [6.07, 6.45) is 1.21. The van der Waals surface area contributed by atoms with Crippen LogP contribution in [0.25, 0.3) is 10.3 Å². The van der Waals surface area contributed by atoms with Crippen LogP contribution in [0.1, 0.15) is 6.92 Å². The average molecular weight is 382 g/mol. The van der Waals surface area contributed by atoms with Crippen molar-refractivity contribution in [3.63, 3.8) is 0 Å². The van der Waals surface area contributed by atoms with Crippen molar-refractivity contribution in [2.45, 2.75) is 17.8 Å². The van der Waals surface area contributed by atoms with E-state index in [9.17, 15) is 18.4 Å².